The fourth-order valence-corrected chi connectivity index (χ4v) is 13.1. The highest BCUT2D eigenvalue weighted by atomic mass is 19.4. The molecule has 2 unspecified atom stereocenters. The Kier molecular flexibility index (Phi) is 25.4. The van der Waals surface area contributed by atoms with Crippen molar-refractivity contribution in [2.45, 2.75) is 178 Å². The number of carbonyl (C=O) groups excluding carboxylic acids is 3. The summed E-state index contributed by atoms with van der Waals surface area (Å²) in [6.45, 7) is 25.6. The fourth-order valence-electron chi connectivity index (χ4n) is 13.1. The Labute approximate surface area is 564 Å². The summed E-state index contributed by atoms with van der Waals surface area (Å²) < 4.78 is 153. The van der Waals surface area contributed by atoms with E-state index in [2.05, 4.69) is 10.6 Å². The Morgan fingerprint density at radius 3 is 1.19 bits per heavy atom. The summed E-state index contributed by atoms with van der Waals surface area (Å²) in [6, 6.07) is 5.00. The molecule has 6 aromatic rings. The van der Waals surface area contributed by atoms with Crippen LogP contribution < -0.4 is 21.8 Å². The normalized spacial score (nSPS) is 14.8. The molecule has 0 saturated carbocycles. The zero-order valence-electron chi connectivity index (χ0n) is 57.7. The second-order valence-electron chi connectivity index (χ2n) is 26.9. The summed E-state index contributed by atoms with van der Waals surface area (Å²) in [7, 11) is 0. The number of benzene rings is 4. The second kappa shape index (κ2) is 32.3. The zero-order valence-corrected chi connectivity index (χ0v) is 57.7. The molecule has 2 aliphatic rings. The van der Waals surface area contributed by atoms with Crippen LogP contribution >= 0.6 is 0 Å². The van der Waals surface area contributed by atoms with Gasteiger partial charge in [-0.1, -0.05) is 39.8 Å². The van der Waals surface area contributed by atoms with E-state index in [0.717, 1.165) is 66.1 Å². The van der Waals surface area contributed by atoms with Crippen LogP contribution in [0.3, 0.4) is 0 Å². The molecule has 24 heteroatoms. The van der Waals surface area contributed by atoms with Crippen LogP contribution in [0, 0.1) is 90.5 Å². The van der Waals surface area contributed by atoms with Crippen molar-refractivity contribution in [1.29, 1.82) is 0 Å². The number of likely N-dealkylation sites (tertiary alicyclic amines) is 2. The number of aryl methyl sites for hydroxylation is 6. The molecule has 2 amide bonds. The third kappa shape index (κ3) is 18.6. The van der Waals surface area contributed by atoms with Crippen LogP contribution in [-0.2, 0) is 49.1 Å². The molecule has 2 aromatic heterocycles. The van der Waals surface area contributed by atoms with E-state index in [9.17, 15) is 64.6 Å². The molecule has 0 radical (unpaired) electrons. The van der Waals surface area contributed by atoms with Gasteiger partial charge in [-0.05, 0) is 241 Å². The minimum Gasteiger partial charge on any atom is -0.481 e. The van der Waals surface area contributed by atoms with Gasteiger partial charge in [0.05, 0.1) is 42.7 Å². The number of aliphatic carboxylic acids is 1. The highest BCUT2D eigenvalue weighted by Gasteiger charge is 2.39. The number of hydrogen-bond acceptors (Lipinski definition) is 9. The summed E-state index contributed by atoms with van der Waals surface area (Å²) in [5, 5.41) is 15.1. The quantitative estimate of drug-likeness (QED) is 0.0370. The van der Waals surface area contributed by atoms with Crippen LogP contribution in [0.2, 0.25) is 0 Å². The van der Waals surface area contributed by atoms with Gasteiger partial charge in [-0.3, -0.25) is 28.8 Å². The van der Waals surface area contributed by atoms with E-state index < -0.39 is 119 Å². The molecule has 2 aliphatic heterocycles. The molecule has 532 valence electrons. The summed E-state index contributed by atoms with van der Waals surface area (Å²) >= 11 is 0. The number of nitrogens with zero attached hydrogens (tertiary/aromatic N) is 4. The minimum absolute atomic E-state index is 0.00248. The maximum Gasteiger partial charge on any atom is 0.416 e. The first-order valence-electron chi connectivity index (χ1n) is 33.0. The van der Waals surface area contributed by atoms with E-state index in [-0.39, 0.29) is 77.5 Å². The van der Waals surface area contributed by atoms with Gasteiger partial charge in [0.25, 0.3) is 11.1 Å². The molecule has 98 heavy (non-hydrogen) atoms. The van der Waals surface area contributed by atoms with Crippen LogP contribution in [0.5, 0.6) is 0 Å². The first kappa shape index (κ1) is 77.2. The van der Waals surface area contributed by atoms with Crippen molar-refractivity contribution in [2.75, 3.05) is 45.9 Å². The first-order valence-corrected chi connectivity index (χ1v) is 33.0. The van der Waals surface area contributed by atoms with Gasteiger partial charge in [0.2, 0.25) is 11.8 Å². The van der Waals surface area contributed by atoms with Crippen molar-refractivity contribution in [3.05, 3.63) is 183 Å². The SMILES string of the molecule is CCOC(=O)C[C@H](NC(=O)C(CC(C)C)n1cc(CCN2CCC2)c(C(F)(F)F)cc1=O)c1cc(-c2c(C)cc(C)c(F)c2C)cc(C)c1F.Cc1cc(-c2c(C)cc(C)c(F)c2C)cc([C@H](CC(=O)O)NC(=O)C(CC(C)C)n2cc(CCN3CCC3)c(C(F)(F)F)cc2=O)c1F. The fraction of sp³-hybridized carbons (Fsp3) is 0.486. The van der Waals surface area contributed by atoms with Gasteiger partial charge in [0.15, 0.2) is 0 Å². The molecule has 4 aromatic carbocycles. The third-order valence-corrected chi connectivity index (χ3v) is 18.2. The monoisotopic (exact) mass is 1380 g/mol. The molecule has 0 aliphatic carbocycles. The number of hydrogen-bond donors (Lipinski definition) is 3. The standard InChI is InChI=1S/C38H46F5N3O4.C36H42F5N3O4/c1-8-50-33(48)19-30(28-17-27(16-24(6)36(28)40)34-22(4)15-23(5)35(39)25(34)7)44-37(49)31(14-21(2)3)46-20-26(10-13-45-11-9-12-45)29(18-32(46)47)38(41,42)43;1-19(2)12-29(44-18-24(8-11-43-9-7-10-43)27(16-30(44)45)36(39,40)41)35(48)42-28(17-31(46)47)26-15-25(14-22(5)34(26)38)32-20(3)13-21(4)33(37)23(32)6/h15-18,20-21,30-31H,8-14,19H2,1-7H3,(H,44,49);13-16,18-19,28-29H,7-12,17H2,1-6H3,(H,42,48)(H,46,47)/t30-,31?;28-,29?/m00/s1. The van der Waals surface area contributed by atoms with Gasteiger partial charge in [-0.2, -0.15) is 26.3 Å². The molecule has 4 atom stereocenters. The number of pyridine rings is 2. The molecule has 4 heterocycles. The number of nitrogens with one attached hydrogen (secondary N) is 2. The predicted octanol–water partition coefficient (Wildman–Crippen LogP) is 14.9. The van der Waals surface area contributed by atoms with E-state index in [1.807, 2.05) is 9.80 Å². The number of esters is 1. The largest absolute Gasteiger partial charge is 0.481 e. The molecule has 3 N–H and O–H groups in total. The molecule has 8 rings (SSSR count). The Morgan fingerprint density at radius 2 is 0.878 bits per heavy atom. The van der Waals surface area contributed by atoms with E-state index >= 15 is 13.2 Å². The van der Waals surface area contributed by atoms with Crippen LogP contribution in [0.15, 0.2) is 70.5 Å². The third-order valence-electron chi connectivity index (χ3n) is 18.2. The lowest BCUT2D eigenvalue weighted by atomic mass is 9.89. The van der Waals surface area contributed by atoms with Crippen LogP contribution in [0.1, 0.15) is 175 Å². The highest BCUT2D eigenvalue weighted by Crippen LogP contribution is 2.40. The van der Waals surface area contributed by atoms with E-state index in [0.29, 0.717) is 75.3 Å². The smallest absolute Gasteiger partial charge is 0.416 e. The van der Waals surface area contributed by atoms with Crippen LogP contribution in [0.25, 0.3) is 22.3 Å². The number of carboxylic acid groups (broad SMARTS) is 1. The molecule has 14 nitrogen and oxygen atoms in total. The van der Waals surface area contributed by atoms with Crippen LogP contribution in [0.4, 0.5) is 43.9 Å². The average molecular weight is 1380 g/mol. The van der Waals surface area contributed by atoms with Gasteiger partial charge in [0, 0.05) is 48.7 Å². The lowest BCUT2D eigenvalue weighted by molar-refractivity contribution is -0.144. The topological polar surface area (TPSA) is 172 Å². The second-order valence-corrected chi connectivity index (χ2v) is 26.9. The number of aromatic nitrogens is 2. The first-order chi connectivity index (χ1) is 45.8. The lowest BCUT2D eigenvalue weighted by Crippen LogP contribution is -2.41. The van der Waals surface area contributed by atoms with Crippen molar-refractivity contribution >= 4 is 23.8 Å². The number of carbonyl (C=O) groups is 4. The average Bonchev–Trinajstić information content (AvgIpc) is 0.788. The van der Waals surface area contributed by atoms with Crippen molar-refractivity contribution in [2.24, 2.45) is 11.8 Å². The van der Waals surface area contributed by atoms with Gasteiger partial charge in [0.1, 0.15) is 35.4 Å². The van der Waals surface area contributed by atoms with Crippen molar-refractivity contribution in [3.8, 4) is 22.3 Å². The molecular formula is C74H88F10N6O8. The highest BCUT2D eigenvalue weighted by molar-refractivity contribution is 5.83. The molecule has 0 bridgehead atoms. The predicted molar refractivity (Wildman–Crippen MR) is 355 cm³/mol. The summed E-state index contributed by atoms with van der Waals surface area (Å²) in [4.78, 5) is 83.6. The number of ether oxygens (including phenoxy) is 1. The number of halogens is 10. The Hall–Kier alpha value is -8.12. The van der Waals surface area contributed by atoms with E-state index in [4.69, 9.17) is 4.74 Å². The molecule has 2 saturated heterocycles. The van der Waals surface area contributed by atoms with Crippen molar-refractivity contribution in [3.63, 3.8) is 0 Å². The number of rotatable bonds is 25. The Morgan fingerprint density at radius 1 is 0.520 bits per heavy atom. The van der Waals surface area contributed by atoms with Crippen molar-refractivity contribution in [1.82, 2.24) is 29.6 Å². The Balaban J connectivity index is 0.000000276. The summed E-state index contributed by atoms with van der Waals surface area (Å²) in [5.41, 5.74) is 0.664. The number of amides is 2. The Bertz CT molecular complexity index is 4080. The van der Waals surface area contributed by atoms with Gasteiger partial charge < -0.3 is 39.4 Å². The van der Waals surface area contributed by atoms with E-state index in [1.54, 1.807) is 94.4 Å². The zero-order chi connectivity index (χ0) is 72.7. The molecular weight excluding hydrogens is 1290 g/mol. The van der Waals surface area contributed by atoms with Crippen molar-refractivity contribution < 1.29 is 72.9 Å². The van der Waals surface area contributed by atoms with Gasteiger partial charge >= 0.3 is 24.3 Å². The van der Waals surface area contributed by atoms with Gasteiger partial charge in [-0.15, -0.1) is 0 Å². The van der Waals surface area contributed by atoms with E-state index in [1.165, 1.54) is 32.0 Å². The summed E-state index contributed by atoms with van der Waals surface area (Å²) in [6.07, 6.45) is -6.56. The van der Waals surface area contributed by atoms with Gasteiger partial charge in [-0.25, -0.2) is 17.6 Å². The number of alkyl halides is 6. The maximum atomic E-state index is 16.0. The summed E-state index contributed by atoms with van der Waals surface area (Å²) in [5.74, 6) is -6.40. The molecule has 2 fully saturated rings. The lowest BCUT2D eigenvalue weighted by Gasteiger charge is -2.31. The van der Waals surface area contributed by atoms with Crippen LogP contribution in [-0.4, -0.2) is 93.7 Å². The number of carboxylic acids is 1. The minimum atomic E-state index is -4.79. The maximum absolute atomic E-state index is 16.0. The molecule has 0 spiro atoms.